The molecule has 0 amide bonds. The molecule has 1 aromatic rings. The molecule has 2 nitrogen and oxygen atoms in total. The fourth-order valence-electron chi connectivity index (χ4n) is 1.72. The van der Waals surface area contributed by atoms with Gasteiger partial charge in [-0.05, 0) is 36.6 Å². The second kappa shape index (κ2) is 5.69. The molecule has 16 heavy (non-hydrogen) atoms. The number of ketones is 1. The van der Waals surface area contributed by atoms with Gasteiger partial charge in [0.15, 0.2) is 5.78 Å². The Morgan fingerprint density at radius 2 is 2.00 bits per heavy atom. The SMILES string of the molecule is CCOc1ccc(C(=O)CC)c(C(C)C)c1. The summed E-state index contributed by atoms with van der Waals surface area (Å²) < 4.78 is 5.45. The highest BCUT2D eigenvalue weighted by molar-refractivity contribution is 5.97. The van der Waals surface area contributed by atoms with Crippen molar-refractivity contribution in [3.05, 3.63) is 29.3 Å². The van der Waals surface area contributed by atoms with Gasteiger partial charge in [0.05, 0.1) is 6.61 Å². The molecule has 0 bridgehead atoms. The van der Waals surface area contributed by atoms with Crippen molar-refractivity contribution in [2.24, 2.45) is 0 Å². The summed E-state index contributed by atoms with van der Waals surface area (Å²) in [5.74, 6) is 1.39. The van der Waals surface area contributed by atoms with Crippen LogP contribution in [0.5, 0.6) is 5.75 Å². The average molecular weight is 220 g/mol. The van der Waals surface area contributed by atoms with Gasteiger partial charge >= 0.3 is 0 Å². The minimum absolute atomic E-state index is 0.201. The van der Waals surface area contributed by atoms with Crippen molar-refractivity contribution < 1.29 is 9.53 Å². The molecule has 0 heterocycles. The molecule has 0 unspecified atom stereocenters. The van der Waals surface area contributed by atoms with Gasteiger partial charge in [-0.15, -0.1) is 0 Å². The maximum Gasteiger partial charge on any atom is 0.162 e. The standard InChI is InChI=1S/C14H20O2/c1-5-14(15)12-8-7-11(16-6-2)9-13(12)10(3)4/h7-10H,5-6H2,1-4H3. The van der Waals surface area contributed by atoms with Gasteiger partial charge in [-0.2, -0.15) is 0 Å². The van der Waals surface area contributed by atoms with Crippen LogP contribution in [0.2, 0.25) is 0 Å². The molecule has 1 aromatic carbocycles. The lowest BCUT2D eigenvalue weighted by Gasteiger charge is -2.13. The summed E-state index contributed by atoms with van der Waals surface area (Å²) in [5.41, 5.74) is 1.92. The number of rotatable bonds is 5. The Balaban J connectivity index is 3.14. The van der Waals surface area contributed by atoms with Crippen LogP contribution in [0.15, 0.2) is 18.2 Å². The second-order valence-electron chi connectivity index (χ2n) is 4.11. The Labute approximate surface area is 97.6 Å². The van der Waals surface area contributed by atoms with Crippen LogP contribution in [0, 0.1) is 0 Å². The van der Waals surface area contributed by atoms with Crippen LogP contribution in [-0.4, -0.2) is 12.4 Å². The van der Waals surface area contributed by atoms with E-state index in [0.717, 1.165) is 16.9 Å². The third-order valence-electron chi connectivity index (χ3n) is 2.58. The van der Waals surface area contributed by atoms with E-state index in [1.165, 1.54) is 0 Å². The van der Waals surface area contributed by atoms with Gasteiger partial charge < -0.3 is 4.74 Å². The number of hydrogen-bond acceptors (Lipinski definition) is 2. The quantitative estimate of drug-likeness (QED) is 0.705. The zero-order chi connectivity index (χ0) is 12.1. The first-order chi connectivity index (χ1) is 7.60. The first-order valence-electron chi connectivity index (χ1n) is 5.90. The van der Waals surface area contributed by atoms with Gasteiger partial charge in [-0.3, -0.25) is 4.79 Å². The zero-order valence-electron chi connectivity index (χ0n) is 10.5. The normalized spacial score (nSPS) is 10.6. The molecule has 0 aliphatic rings. The van der Waals surface area contributed by atoms with Crippen LogP contribution in [0.4, 0.5) is 0 Å². The minimum atomic E-state index is 0.201. The van der Waals surface area contributed by atoms with Crippen LogP contribution in [0.1, 0.15) is 56.0 Å². The van der Waals surface area contributed by atoms with Crippen molar-refractivity contribution in [2.45, 2.75) is 40.0 Å². The summed E-state index contributed by atoms with van der Waals surface area (Å²) in [6.07, 6.45) is 0.549. The van der Waals surface area contributed by atoms with E-state index in [1.807, 2.05) is 32.0 Å². The third kappa shape index (κ3) is 2.84. The zero-order valence-corrected chi connectivity index (χ0v) is 10.5. The third-order valence-corrected chi connectivity index (χ3v) is 2.58. The van der Waals surface area contributed by atoms with Crippen LogP contribution in [-0.2, 0) is 0 Å². The van der Waals surface area contributed by atoms with Crippen molar-refractivity contribution in [2.75, 3.05) is 6.61 Å². The largest absolute Gasteiger partial charge is 0.494 e. The number of Topliss-reactive ketones (excluding diaryl/α,β-unsaturated/α-hetero) is 1. The van der Waals surface area contributed by atoms with Gasteiger partial charge in [0.1, 0.15) is 5.75 Å². The first kappa shape index (κ1) is 12.8. The monoisotopic (exact) mass is 220 g/mol. The van der Waals surface area contributed by atoms with Gasteiger partial charge in [-0.25, -0.2) is 0 Å². The van der Waals surface area contributed by atoms with Gasteiger partial charge in [0.2, 0.25) is 0 Å². The van der Waals surface area contributed by atoms with Crippen LogP contribution in [0.25, 0.3) is 0 Å². The van der Waals surface area contributed by atoms with Crippen molar-refractivity contribution in [1.82, 2.24) is 0 Å². The average Bonchev–Trinajstić information content (AvgIpc) is 2.28. The van der Waals surface area contributed by atoms with E-state index in [4.69, 9.17) is 4.74 Å². The lowest BCUT2D eigenvalue weighted by Crippen LogP contribution is -2.04. The Kier molecular flexibility index (Phi) is 4.53. The summed E-state index contributed by atoms with van der Waals surface area (Å²) in [5, 5.41) is 0. The van der Waals surface area contributed by atoms with Crippen LogP contribution < -0.4 is 4.74 Å². The molecule has 0 aromatic heterocycles. The molecule has 0 N–H and O–H groups in total. The van der Waals surface area contributed by atoms with Gasteiger partial charge in [-0.1, -0.05) is 20.8 Å². The molecule has 88 valence electrons. The van der Waals surface area contributed by atoms with E-state index in [9.17, 15) is 4.79 Å². The first-order valence-corrected chi connectivity index (χ1v) is 5.90. The van der Waals surface area contributed by atoms with Crippen LogP contribution >= 0.6 is 0 Å². The Bertz CT molecular complexity index is 367. The van der Waals surface area contributed by atoms with E-state index in [1.54, 1.807) is 0 Å². The van der Waals surface area contributed by atoms with Gasteiger partial charge in [0.25, 0.3) is 0 Å². The molecule has 0 fully saturated rings. The molecule has 0 spiro atoms. The second-order valence-corrected chi connectivity index (χ2v) is 4.11. The molecule has 0 aliphatic heterocycles. The number of ether oxygens (including phenoxy) is 1. The van der Waals surface area contributed by atoms with E-state index in [0.29, 0.717) is 18.9 Å². The highest BCUT2D eigenvalue weighted by atomic mass is 16.5. The molecule has 0 saturated heterocycles. The van der Waals surface area contributed by atoms with Gasteiger partial charge in [0, 0.05) is 12.0 Å². The van der Waals surface area contributed by atoms with E-state index < -0.39 is 0 Å². The molecular weight excluding hydrogens is 200 g/mol. The molecule has 1 rings (SSSR count). The minimum Gasteiger partial charge on any atom is -0.494 e. The Hall–Kier alpha value is -1.31. The van der Waals surface area contributed by atoms with E-state index in [2.05, 4.69) is 13.8 Å². The Morgan fingerprint density at radius 1 is 1.31 bits per heavy atom. The van der Waals surface area contributed by atoms with Crippen molar-refractivity contribution in [3.63, 3.8) is 0 Å². The topological polar surface area (TPSA) is 26.3 Å². The lowest BCUT2D eigenvalue weighted by atomic mass is 9.93. The highest BCUT2D eigenvalue weighted by Crippen LogP contribution is 2.25. The molecule has 0 saturated carbocycles. The summed E-state index contributed by atoms with van der Waals surface area (Å²) in [6, 6.07) is 5.74. The molecule has 0 aliphatic carbocycles. The van der Waals surface area contributed by atoms with Crippen molar-refractivity contribution in [3.8, 4) is 5.75 Å². The predicted molar refractivity (Wildman–Crippen MR) is 66.3 cm³/mol. The lowest BCUT2D eigenvalue weighted by molar-refractivity contribution is 0.0987. The van der Waals surface area contributed by atoms with Crippen molar-refractivity contribution >= 4 is 5.78 Å². The number of benzene rings is 1. The molecule has 0 atom stereocenters. The van der Waals surface area contributed by atoms with E-state index >= 15 is 0 Å². The molecular formula is C14H20O2. The predicted octanol–water partition coefficient (Wildman–Crippen LogP) is 3.80. The van der Waals surface area contributed by atoms with Crippen LogP contribution in [0.3, 0.4) is 0 Å². The maximum atomic E-state index is 11.8. The fourth-order valence-corrected chi connectivity index (χ4v) is 1.72. The smallest absolute Gasteiger partial charge is 0.162 e. The number of carbonyl (C=O) groups is 1. The highest BCUT2D eigenvalue weighted by Gasteiger charge is 2.13. The number of carbonyl (C=O) groups excluding carboxylic acids is 1. The molecule has 2 heteroatoms. The van der Waals surface area contributed by atoms with E-state index in [-0.39, 0.29) is 5.78 Å². The van der Waals surface area contributed by atoms with Crippen molar-refractivity contribution in [1.29, 1.82) is 0 Å². The Morgan fingerprint density at radius 3 is 2.50 bits per heavy atom. The summed E-state index contributed by atoms with van der Waals surface area (Å²) in [7, 11) is 0. The summed E-state index contributed by atoms with van der Waals surface area (Å²) in [4.78, 5) is 11.8. The maximum absolute atomic E-state index is 11.8. The molecule has 0 radical (unpaired) electrons. The summed E-state index contributed by atoms with van der Waals surface area (Å²) >= 11 is 0. The number of hydrogen-bond donors (Lipinski definition) is 0. The summed E-state index contributed by atoms with van der Waals surface area (Å²) in [6.45, 7) is 8.69. The fraction of sp³-hybridized carbons (Fsp3) is 0.500.